The molecule has 1 aromatic heterocycles. The molecule has 0 unspecified atom stereocenters. The third-order valence-corrected chi connectivity index (χ3v) is 5.84. The first kappa shape index (κ1) is 13.7. The quantitative estimate of drug-likeness (QED) is 0.856. The zero-order chi connectivity index (χ0) is 14.3. The molecule has 0 bridgehead atoms. The van der Waals surface area contributed by atoms with Gasteiger partial charge >= 0.3 is 0 Å². The van der Waals surface area contributed by atoms with E-state index in [4.69, 9.17) is 0 Å². The maximum absolute atomic E-state index is 11.6. The largest absolute Gasteiger partial charge is 0.241 e. The van der Waals surface area contributed by atoms with Crippen molar-refractivity contribution in [3.8, 4) is 10.6 Å². The number of aromatic nitrogens is 1. The smallest absolute Gasteiger partial charge is 0.211 e. The Hall–Kier alpha value is -1.24. The molecule has 3 rings (SSSR count). The number of hydrogen-bond acceptors (Lipinski definition) is 4. The van der Waals surface area contributed by atoms with Crippen LogP contribution in [0, 0.1) is 6.92 Å². The fraction of sp³-hybridized carbons (Fsp3) is 0.357. The SMILES string of the molecule is Cc1ccc(-c2nc3c(s2)CN(S(C)(=O)=O)CC3)cc1. The van der Waals surface area contributed by atoms with E-state index < -0.39 is 10.0 Å². The molecule has 20 heavy (non-hydrogen) atoms. The van der Waals surface area contributed by atoms with Crippen molar-refractivity contribution in [1.82, 2.24) is 9.29 Å². The lowest BCUT2D eigenvalue weighted by Gasteiger charge is -2.23. The Morgan fingerprint density at radius 2 is 1.95 bits per heavy atom. The molecule has 2 heterocycles. The molecule has 0 N–H and O–H groups in total. The number of sulfonamides is 1. The van der Waals surface area contributed by atoms with Gasteiger partial charge in [0.25, 0.3) is 0 Å². The van der Waals surface area contributed by atoms with Gasteiger partial charge in [-0.1, -0.05) is 29.8 Å². The van der Waals surface area contributed by atoms with Gasteiger partial charge < -0.3 is 0 Å². The summed E-state index contributed by atoms with van der Waals surface area (Å²) in [6.45, 7) is 3.04. The van der Waals surface area contributed by atoms with E-state index in [0.717, 1.165) is 21.1 Å². The maximum Gasteiger partial charge on any atom is 0.211 e. The number of thiazole rings is 1. The van der Waals surface area contributed by atoms with Crippen molar-refractivity contribution in [3.05, 3.63) is 40.4 Å². The summed E-state index contributed by atoms with van der Waals surface area (Å²) in [6, 6.07) is 8.26. The highest BCUT2D eigenvalue weighted by atomic mass is 32.2. The molecule has 0 aliphatic carbocycles. The van der Waals surface area contributed by atoms with E-state index in [0.29, 0.717) is 19.5 Å². The lowest BCUT2D eigenvalue weighted by atomic mass is 10.1. The van der Waals surface area contributed by atoms with Crippen molar-refractivity contribution in [2.24, 2.45) is 0 Å². The molecule has 106 valence electrons. The van der Waals surface area contributed by atoms with Crippen LogP contribution in [0.4, 0.5) is 0 Å². The molecule has 0 amide bonds. The van der Waals surface area contributed by atoms with Gasteiger partial charge in [-0.15, -0.1) is 11.3 Å². The molecule has 2 aromatic rings. The van der Waals surface area contributed by atoms with Crippen LogP contribution < -0.4 is 0 Å². The maximum atomic E-state index is 11.6. The number of nitrogens with zero attached hydrogens (tertiary/aromatic N) is 2. The Morgan fingerprint density at radius 3 is 2.60 bits per heavy atom. The zero-order valence-electron chi connectivity index (χ0n) is 11.5. The molecular weight excluding hydrogens is 292 g/mol. The summed E-state index contributed by atoms with van der Waals surface area (Å²) in [5, 5.41) is 0.977. The number of fused-ring (bicyclic) bond motifs is 1. The second kappa shape index (κ2) is 4.95. The molecule has 0 saturated carbocycles. The molecule has 0 saturated heterocycles. The standard InChI is InChI=1S/C14H16N2O2S2/c1-10-3-5-11(6-4-10)14-15-12-7-8-16(20(2,17)18)9-13(12)19-14/h3-6H,7-9H2,1-2H3. The third kappa shape index (κ3) is 2.63. The first-order chi connectivity index (χ1) is 9.43. The van der Waals surface area contributed by atoms with Crippen LogP contribution in [0.15, 0.2) is 24.3 Å². The van der Waals surface area contributed by atoms with E-state index in [9.17, 15) is 8.42 Å². The molecule has 1 aliphatic rings. The average molecular weight is 308 g/mol. The van der Waals surface area contributed by atoms with E-state index in [1.54, 1.807) is 11.3 Å². The Balaban J connectivity index is 1.92. The van der Waals surface area contributed by atoms with Crippen LogP contribution in [-0.4, -0.2) is 30.5 Å². The van der Waals surface area contributed by atoms with Crippen molar-refractivity contribution in [1.29, 1.82) is 0 Å². The van der Waals surface area contributed by atoms with Crippen LogP contribution in [0.3, 0.4) is 0 Å². The normalized spacial score (nSPS) is 16.1. The van der Waals surface area contributed by atoms with Gasteiger partial charge in [0.1, 0.15) is 5.01 Å². The topological polar surface area (TPSA) is 50.3 Å². The van der Waals surface area contributed by atoms with E-state index >= 15 is 0 Å². The highest BCUT2D eigenvalue weighted by molar-refractivity contribution is 7.88. The lowest BCUT2D eigenvalue weighted by Crippen LogP contribution is -2.34. The van der Waals surface area contributed by atoms with Crippen molar-refractivity contribution < 1.29 is 8.42 Å². The van der Waals surface area contributed by atoms with Crippen LogP contribution in [-0.2, 0) is 23.0 Å². The minimum atomic E-state index is -3.12. The first-order valence-corrected chi connectivity index (χ1v) is 9.11. The molecule has 6 heteroatoms. The molecule has 0 fully saturated rings. The summed E-state index contributed by atoms with van der Waals surface area (Å²) in [4.78, 5) is 5.73. The number of benzene rings is 1. The fourth-order valence-corrected chi connectivity index (χ4v) is 4.27. The Bertz CT molecular complexity index is 733. The summed E-state index contributed by atoms with van der Waals surface area (Å²) in [7, 11) is -3.12. The number of rotatable bonds is 2. The summed E-state index contributed by atoms with van der Waals surface area (Å²) in [5.74, 6) is 0. The van der Waals surface area contributed by atoms with Crippen molar-refractivity contribution in [3.63, 3.8) is 0 Å². The van der Waals surface area contributed by atoms with Gasteiger partial charge in [0, 0.05) is 30.0 Å². The number of hydrogen-bond donors (Lipinski definition) is 0. The Kier molecular flexibility index (Phi) is 3.40. The van der Waals surface area contributed by atoms with Crippen molar-refractivity contribution in [2.45, 2.75) is 19.9 Å². The van der Waals surface area contributed by atoms with E-state index in [1.165, 1.54) is 16.1 Å². The minimum Gasteiger partial charge on any atom is -0.241 e. The molecule has 1 aliphatic heterocycles. The van der Waals surface area contributed by atoms with Gasteiger partial charge in [0.2, 0.25) is 10.0 Å². The Morgan fingerprint density at radius 1 is 1.25 bits per heavy atom. The first-order valence-electron chi connectivity index (χ1n) is 6.44. The molecule has 0 atom stereocenters. The van der Waals surface area contributed by atoms with Crippen LogP contribution in [0.25, 0.3) is 10.6 Å². The van der Waals surface area contributed by atoms with Gasteiger partial charge in [-0.05, 0) is 6.92 Å². The molecule has 0 spiro atoms. The van der Waals surface area contributed by atoms with Gasteiger partial charge in [-0.3, -0.25) is 0 Å². The predicted octanol–water partition coefficient (Wildman–Crippen LogP) is 2.44. The number of aryl methyl sites for hydroxylation is 1. The predicted molar refractivity (Wildman–Crippen MR) is 81.2 cm³/mol. The van der Waals surface area contributed by atoms with Gasteiger partial charge in [-0.2, -0.15) is 4.31 Å². The third-order valence-electron chi connectivity index (χ3n) is 3.46. The van der Waals surface area contributed by atoms with Gasteiger partial charge in [0.05, 0.1) is 11.9 Å². The van der Waals surface area contributed by atoms with Crippen LogP contribution in [0.1, 0.15) is 16.1 Å². The lowest BCUT2D eigenvalue weighted by molar-refractivity contribution is 0.396. The highest BCUT2D eigenvalue weighted by Crippen LogP contribution is 2.32. The van der Waals surface area contributed by atoms with Gasteiger partial charge in [0.15, 0.2) is 0 Å². The van der Waals surface area contributed by atoms with E-state index in [1.807, 2.05) is 0 Å². The summed E-state index contributed by atoms with van der Waals surface area (Å²) >= 11 is 1.60. The highest BCUT2D eigenvalue weighted by Gasteiger charge is 2.26. The van der Waals surface area contributed by atoms with E-state index in [-0.39, 0.29) is 0 Å². The summed E-state index contributed by atoms with van der Waals surface area (Å²) < 4.78 is 24.8. The summed E-state index contributed by atoms with van der Waals surface area (Å²) in [5.41, 5.74) is 3.37. The fourth-order valence-electron chi connectivity index (χ4n) is 2.27. The molecular formula is C14H16N2O2S2. The van der Waals surface area contributed by atoms with Gasteiger partial charge in [-0.25, -0.2) is 13.4 Å². The molecule has 4 nitrogen and oxygen atoms in total. The Labute approximate surface area is 123 Å². The zero-order valence-corrected chi connectivity index (χ0v) is 13.1. The van der Waals surface area contributed by atoms with Crippen LogP contribution in [0.2, 0.25) is 0 Å². The monoisotopic (exact) mass is 308 g/mol. The second-order valence-corrected chi connectivity index (χ2v) is 8.17. The van der Waals surface area contributed by atoms with Crippen LogP contribution in [0.5, 0.6) is 0 Å². The summed E-state index contributed by atoms with van der Waals surface area (Å²) in [6.07, 6.45) is 1.96. The minimum absolute atomic E-state index is 0.456. The van der Waals surface area contributed by atoms with Crippen molar-refractivity contribution in [2.75, 3.05) is 12.8 Å². The van der Waals surface area contributed by atoms with E-state index in [2.05, 4.69) is 36.2 Å². The second-order valence-electron chi connectivity index (χ2n) is 5.10. The van der Waals surface area contributed by atoms with Crippen LogP contribution >= 0.6 is 11.3 Å². The van der Waals surface area contributed by atoms with Crippen molar-refractivity contribution >= 4 is 21.4 Å². The molecule has 1 aromatic carbocycles. The molecule has 0 radical (unpaired) electrons. The average Bonchev–Trinajstić information content (AvgIpc) is 2.81.